The molecule has 0 amide bonds. The van der Waals surface area contributed by atoms with Crippen molar-refractivity contribution in [3.63, 3.8) is 0 Å². The van der Waals surface area contributed by atoms with Crippen LogP contribution >= 0.6 is 0 Å². The van der Waals surface area contributed by atoms with Crippen LogP contribution in [0.15, 0.2) is 156 Å². The minimum Gasteiger partial charge on any atom is -0.486 e. The van der Waals surface area contributed by atoms with E-state index in [9.17, 15) is 4.39 Å². The molecule has 4 aromatic heterocycles. The summed E-state index contributed by atoms with van der Waals surface area (Å²) >= 11 is -1.97. The van der Waals surface area contributed by atoms with E-state index in [-0.39, 0.29) is 36.6 Å². The molecule has 7 aromatic carbocycles. The van der Waals surface area contributed by atoms with Crippen molar-refractivity contribution in [1.29, 1.82) is 0 Å². The minimum atomic E-state index is -2.48. The maximum Gasteiger partial charge on any atom is 0.216 e. The molecule has 1 aliphatic rings. The number of hydrogen-bond acceptors (Lipinski definition) is 4. The first kappa shape index (κ1) is 40.4. The van der Waals surface area contributed by atoms with Gasteiger partial charge in [-0.25, -0.2) is 4.98 Å². The molecule has 0 spiro atoms. The Kier molecular flexibility index (Phi) is 10.4. The molecule has 1 radical (unpaired) electrons. The zero-order valence-electron chi connectivity index (χ0n) is 44.3. The number of rotatable bonds is 6. The Hall–Kier alpha value is -6.51. The van der Waals surface area contributed by atoms with Gasteiger partial charge in [-0.3, -0.25) is 4.98 Å². The average molecular weight is 1140 g/mol. The van der Waals surface area contributed by atoms with E-state index in [1.807, 2.05) is 42.5 Å². The summed E-state index contributed by atoms with van der Waals surface area (Å²) in [4.78, 5) is 14.5. The summed E-state index contributed by atoms with van der Waals surface area (Å²) < 4.78 is 64.5. The van der Waals surface area contributed by atoms with E-state index in [1.165, 1.54) is 44.3 Å². The first-order valence-electron chi connectivity index (χ1n) is 25.4. The number of benzene rings is 7. The SMILES string of the molecule is [2H]C([2H])([2H])c1cc[c-]c(-c2cc[c]([Ge]([CH3])([CH3])[CH3])cn2)c1F.[2H]C([2H])(c1ccccc1)c1ccc2c(n1)oc1c(-c3nc4c5ccccc5ccc4n3-c3c(C)cc4c(c3C)C(C)(C)c3ccccc3-4)[c-]ccc12.[Ir]. The Balaban J connectivity index is 0.000000241. The number of aryl methyl sites for hydroxylation is 2. The smallest absolute Gasteiger partial charge is 0.216 e. The molecule has 69 heavy (non-hydrogen) atoms. The number of furan rings is 1. The average Bonchev–Trinajstić information content (AvgIpc) is 4.03. The molecule has 0 saturated carbocycles. The second-order valence-electron chi connectivity index (χ2n) is 19.2. The Bertz CT molecular complexity index is 3990. The van der Waals surface area contributed by atoms with E-state index >= 15 is 0 Å². The summed E-state index contributed by atoms with van der Waals surface area (Å²) in [5, 5.41) is 3.90. The minimum absolute atomic E-state index is 0. The topological polar surface area (TPSA) is 56.7 Å². The second-order valence-corrected chi connectivity index (χ2v) is 29.8. The fourth-order valence-corrected chi connectivity index (χ4v) is 12.3. The van der Waals surface area contributed by atoms with Crippen LogP contribution in [-0.2, 0) is 31.9 Å². The van der Waals surface area contributed by atoms with E-state index in [4.69, 9.17) is 21.2 Å². The monoisotopic (exact) mass is 1150 g/mol. The summed E-state index contributed by atoms with van der Waals surface area (Å²) in [5.74, 6) is 6.71. The number of hydrogen-bond donors (Lipinski definition) is 0. The van der Waals surface area contributed by atoms with Crippen molar-refractivity contribution in [2.45, 2.75) is 63.6 Å². The van der Waals surface area contributed by atoms with E-state index in [0.717, 1.165) is 55.2 Å². The summed E-state index contributed by atoms with van der Waals surface area (Å²) in [7, 11) is 0. The van der Waals surface area contributed by atoms with Gasteiger partial charge in [-0.1, -0.05) is 110 Å². The Morgan fingerprint density at radius 2 is 1.51 bits per heavy atom. The van der Waals surface area contributed by atoms with Gasteiger partial charge in [-0.2, -0.15) is 0 Å². The molecule has 0 aliphatic heterocycles. The van der Waals surface area contributed by atoms with Crippen LogP contribution in [0.5, 0.6) is 0 Å². The normalized spacial score (nSPS) is 14.2. The third-order valence-corrected chi connectivity index (χ3v) is 17.7. The molecule has 0 fully saturated rings. The zero-order valence-corrected chi connectivity index (χ0v) is 43.8. The molecular formula is C61H51FGeIrN4O-2. The summed E-state index contributed by atoms with van der Waals surface area (Å²) in [6, 6.07) is 53.2. The Morgan fingerprint density at radius 1 is 0.754 bits per heavy atom. The van der Waals surface area contributed by atoms with Gasteiger partial charge in [0.15, 0.2) is 0 Å². The second kappa shape index (κ2) is 17.8. The van der Waals surface area contributed by atoms with Crippen LogP contribution in [0.25, 0.3) is 83.3 Å². The maximum absolute atomic E-state index is 14.4. The Morgan fingerprint density at radius 3 is 2.29 bits per heavy atom. The van der Waals surface area contributed by atoms with Crippen LogP contribution in [0.3, 0.4) is 0 Å². The van der Waals surface area contributed by atoms with Gasteiger partial charge in [-0.15, -0.1) is 18.2 Å². The molecule has 0 bridgehead atoms. The first-order chi connectivity index (χ1) is 34.7. The molecule has 12 rings (SSSR count). The Labute approximate surface area is 426 Å². The molecule has 1 aliphatic carbocycles. The predicted molar refractivity (Wildman–Crippen MR) is 280 cm³/mol. The van der Waals surface area contributed by atoms with Crippen LogP contribution in [-0.4, -0.2) is 32.8 Å². The maximum atomic E-state index is 14.4. The molecule has 343 valence electrons. The molecule has 0 saturated heterocycles. The molecular weight excluding hydrogens is 1090 g/mol. The van der Waals surface area contributed by atoms with Gasteiger partial charge in [-0.05, 0) is 82.4 Å². The van der Waals surface area contributed by atoms with Crippen LogP contribution in [0.1, 0.15) is 59.8 Å². The summed E-state index contributed by atoms with van der Waals surface area (Å²) in [6.07, 6.45) is -0.0287. The molecule has 0 N–H and O–H groups in total. The zero-order chi connectivity index (χ0) is 51.4. The van der Waals surface area contributed by atoms with Crippen molar-refractivity contribution in [2.75, 3.05) is 0 Å². The van der Waals surface area contributed by atoms with Crippen LogP contribution in [0.2, 0.25) is 17.3 Å². The van der Waals surface area contributed by atoms with E-state index in [2.05, 4.69) is 133 Å². The van der Waals surface area contributed by atoms with E-state index < -0.39 is 32.3 Å². The number of imidazole rings is 1. The van der Waals surface area contributed by atoms with Gasteiger partial charge in [0, 0.05) is 56.8 Å². The summed E-state index contributed by atoms with van der Waals surface area (Å²) in [6.45, 7) is 6.63. The van der Waals surface area contributed by atoms with Gasteiger partial charge in [0.2, 0.25) is 5.71 Å². The number of pyridine rings is 2. The van der Waals surface area contributed by atoms with Gasteiger partial charge in [0.25, 0.3) is 0 Å². The van der Waals surface area contributed by atoms with Gasteiger partial charge in [0.05, 0.1) is 22.4 Å². The molecule has 4 heterocycles. The van der Waals surface area contributed by atoms with E-state index in [1.54, 1.807) is 30.5 Å². The molecule has 0 unspecified atom stereocenters. The quantitative estimate of drug-likeness (QED) is 0.123. The third kappa shape index (κ3) is 7.95. The third-order valence-electron chi connectivity index (χ3n) is 13.4. The number of halogens is 1. The van der Waals surface area contributed by atoms with Gasteiger partial charge in [0.1, 0.15) is 0 Å². The van der Waals surface area contributed by atoms with Crippen LogP contribution in [0, 0.1) is 38.6 Å². The molecule has 8 heteroatoms. The molecule has 5 nitrogen and oxygen atoms in total. The standard InChI is InChI=1S/C46H34N3O.C15H17FGeN.Ir/c1-27-25-37-33-17-10-11-20-38(33)46(3,4)40(37)28(2)42(27)49-39-24-21-30-15-8-9-16-32(30)41(39)48-44(49)36-19-12-18-34-35-23-22-31(47-45(35)50-43(34)36)26-29-13-6-5-7-14-29;1-11-6-5-7-13(15(11)16)14-9-8-12(10-18-14)17(2,3)4;/h5-18,20-25H,26H2,1-4H3;5-6,8-10H,1-4H3;/q2*-1;/i26D2;1D3;. The van der Waals surface area contributed by atoms with E-state index in [0.29, 0.717) is 28.2 Å². The van der Waals surface area contributed by atoms with Crippen molar-refractivity contribution < 1.29 is 35.8 Å². The van der Waals surface area contributed by atoms with Crippen molar-refractivity contribution >= 4 is 61.5 Å². The number of fused-ring (bicyclic) bond motifs is 9. The van der Waals surface area contributed by atoms with Crippen LogP contribution in [0.4, 0.5) is 4.39 Å². The van der Waals surface area contributed by atoms with Crippen molar-refractivity contribution in [1.82, 2.24) is 19.5 Å². The van der Waals surface area contributed by atoms with Crippen LogP contribution < -0.4 is 4.40 Å². The molecule has 0 atom stereocenters. The fourth-order valence-electron chi connectivity index (χ4n) is 10.1. The number of aromatic nitrogens is 4. The van der Waals surface area contributed by atoms with Crippen molar-refractivity contribution in [3.8, 4) is 39.5 Å². The first-order valence-corrected chi connectivity index (χ1v) is 30.2. The predicted octanol–water partition coefficient (Wildman–Crippen LogP) is 15.0. The number of nitrogens with zero attached hydrogens (tertiary/aromatic N) is 4. The largest absolute Gasteiger partial charge is 0.486 e. The van der Waals surface area contributed by atoms with Crippen molar-refractivity contribution in [2.24, 2.45) is 0 Å². The fraction of sp³-hybridized carbons (Fsp3) is 0.164. The van der Waals surface area contributed by atoms with Crippen molar-refractivity contribution in [3.05, 3.63) is 209 Å². The summed E-state index contributed by atoms with van der Waals surface area (Å²) in [5.41, 5.74) is 13.3. The van der Waals surface area contributed by atoms with Gasteiger partial charge < -0.3 is 8.98 Å². The van der Waals surface area contributed by atoms with Gasteiger partial charge >= 0.3 is 114 Å². The molecule has 11 aromatic rings.